The SMILES string of the molecule is Cc1ccccc1N(CC(=O)N(Cc1c(Cl)cccc1Cl)[C@H](Cc1ccccc1)C(=O)NC1CCCC1)S(=O)(=O)c1ccc(Cl)cc1. The normalized spacial score (nSPS) is 14.0. The molecule has 0 bridgehead atoms. The van der Waals surface area contributed by atoms with Crippen molar-refractivity contribution in [3.05, 3.63) is 129 Å². The number of carbonyl (C=O) groups excluding carboxylic acids is 2. The third-order valence-corrected chi connectivity index (χ3v) is 11.2. The lowest BCUT2D eigenvalue weighted by Crippen LogP contribution is -2.54. The number of halogens is 3. The molecule has 0 saturated heterocycles. The zero-order valence-electron chi connectivity index (χ0n) is 25.9. The molecule has 0 spiro atoms. The highest BCUT2D eigenvalue weighted by Crippen LogP contribution is 2.31. The van der Waals surface area contributed by atoms with Crippen molar-refractivity contribution in [3.63, 3.8) is 0 Å². The Morgan fingerprint density at radius 3 is 2.09 bits per heavy atom. The molecule has 0 unspecified atom stereocenters. The van der Waals surface area contributed by atoms with Crippen molar-refractivity contribution in [3.8, 4) is 0 Å². The summed E-state index contributed by atoms with van der Waals surface area (Å²) < 4.78 is 29.6. The highest BCUT2D eigenvalue weighted by atomic mass is 35.5. The van der Waals surface area contributed by atoms with Gasteiger partial charge < -0.3 is 10.2 Å². The molecule has 7 nitrogen and oxygen atoms in total. The van der Waals surface area contributed by atoms with Gasteiger partial charge in [0.2, 0.25) is 11.8 Å². The fourth-order valence-corrected chi connectivity index (χ4v) is 7.99. The van der Waals surface area contributed by atoms with Crippen LogP contribution in [0.1, 0.15) is 42.4 Å². The second-order valence-corrected chi connectivity index (χ2v) is 14.8. The molecule has 11 heteroatoms. The first-order valence-electron chi connectivity index (χ1n) is 15.4. The van der Waals surface area contributed by atoms with E-state index in [1.54, 1.807) is 49.4 Å². The van der Waals surface area contributed by atoms with Crippen LogP contribution < -0.4 is 9.62 Å². The van der Waals surface area contributed by atoms with E-state index in [-0.39, 0.29) is 29.8 Å². The van der Waals surface area contributed by atoms with Gasteiger partial charge in [0.05, 0.1) is 10.6 Å². The van der Waals surface area contributed by atoms with Gasteiger partial charge in [-0.1, -0.05) is 102 Å². The number of nitrogens with one attached hydrogen (secondary N) is 1. The molecule has 1 aliphatic rings. The lowest BCUT2D eigenvalue weighted by atomic mass is 10.0. The summed E-state index contributed by atoms with van der Waals surface area (Å²) in [6, 6.07) is 26.2. The van der Waals surface area contributed by atoms with Crippen molar-refractivity contribution in [1.82, 2.24) is 10.2 Å². The van der Waals surface area contributed by atoms with Gasteiger partial charge in [-0.3, -0.25) is 13.9 Å². The van der Waals surface area contributed by atoms with Crippen molar-refractivity contribution >= 4 is 62.3 Å². The molecular weight excluding hydrogens is 677 g/mol. The summed E-state index contributed by atoms with van der Waals surface area (Å²) in [6.45, 7) is 1.08. The largest absolute Gasteiger partial charge is 0.352 e. The number of sulfonamides is 1. The van der Waals surface area contributed by atoms with Crippen LogP contribution in [0, 0.1) is 6.92 Å². The lowest BCUT2D eigenvalue weighted by molar-refractivity contribution is -0.140. The minimum atomic E-state index is -4.26. The molecule has 1 atom stereocenters. The van der Waals surface area contributed by atoms with Gasteiger partial charge in [0.1, 0.15) is 12.6 Å². The van der Waals surface area contributed by atoms with Crippen LogP contribution in [0.4, 0.5) is 5.69 Å². The van der Waals surface area contributed by atoms with Gasteiger partial charge in [0, 0.05) is 39.6 Å². The van der Waals surface area contributed by atoms with Crippen molar-refractivity contribution in [1.29, 1.82) is 0 Å². The summed E-state index contributed by atoms with van der Waals surface area (Å²) in [5.74, 6) is -0.912. The van der Waals surface area contributed by atoms with E-state index < -0.39 is 28.5 Å². The average molecular weight is 713 g/mol. The third kappa shape index (κ3) is 8.49. The number of rotatable bonds is 12. The number of hydrogen-bond donors (Lipinski definition) is 1. The molecule has 1 fully saturated rings. The maximum atomic E-state index is 14.7. The van der Waals surface area contributed by atoms with Crippen LogP contribution in [0.3, 0.4) is 0 Å². The quantitative estimate of drug-likeness (QED) is 0.162. The average Bonchev–Trinajstić information content (AvgIpc) is 3.57. The van der Waals surface area contributed by atoms with E-state index >= 15 is 0 Å². The van der Waals surface area contributed by atoms with E-state index in [1.807, 2.05) is 30.3 Å². The molecule has 0 heterocycles. The van der Waals surface area contributed by atoms with E-state index in [2.05, 4.69) is 5.32 Å². The fourth-order valence-electron chi connectivity index (χ4n) is 5.87. The van der Waals surface area contributed by atoms with Gasteiger partial charge in [-0.05, 0) is 73.4 Å². The Morgan fingerprint density at radius 1 is 0.830 bits per heavy atom. The maximum Gasteiger partial charge on any atom is 0.264 e. The molecule has 0 aromatic heterocycles. The zero-order chi connectivity index (χ0) is 33.6. The third-order valence-electron chi connectivity index (χ3n) is 8.43. The summed E-state index contributed by atoms with van der Waals surface area (Å²) in [6.07, 6.45) is 3.94. The summed E-state index contributed by atoms with van der Waals surface area (Å²) in [7, 11) is -4.26. The number of benzene rings is 4. The molecular formula is C36H36Cl3N3O4S. The second kappa shape index (κ2) is 15.6. The van der Waals surface area contributed by atoms with Crippen LogP contribution in [0.5, 0.6) is 0 Å². The predicted molar refractivity (Wildman–Crippen MR) is 189 cm³/mol. The molecule has 4 aromatic rings. The number of hydrogen-bond acceptors (Lipinski definition) is 4. The predicted octanol–water partition coefficient (Wildman–Crippen LogP) is 7.85. The Morgan fingerprint density at radius 2 is 1.45 bits per heavy atom. The molecule has 1 N–H and O–H groups in total. The van der Waals surface area contributed by atoms with Crippen molar-refractivity contribution in [2.75, 3.05) is 10.8 Å². The highest BCUT2D eigenvalue weighted by molar-refractivity contribution is 7.92. The minimum absolute atomic E-state index is 0.00428. The lowest BCUT2D eigenvalue weighted by Gasteiger charge is -2.35. The molecule has 1 saturated carbocycles. The molecule has 1 aliphatic carbocycles. The van der Waals surface area contributed by atoms with Crippen LogP contribution in [0.2, 0.25) is 15.1 Å². The summed E-state index contributed by atoms with van der Waals surface area (Å²) in [5.41, 5.74) is 2.28. The first-order chi connectivity index (χ1) is 22.5. The Labute approximate surface area is 291 Å². The van der Waals surface area contributed by atoms with E-state index in [0.29, 0.717) is 31.9 Å². The number of nitrogens with zero attached hydrogens (tertiary/aromatic N) is 2. The van der Waals surface area contributed by atoms with E-state index in [4.69, 9.17) is 34.8 Å². The van der Waals surface area contributed by atoms with Gasteiger partial charge in [0.25, 0.3) is 10.0 Å². The van der Waals surface area contributed by atoms with Crippen LogP contribution in [0.15, 0.2) is 102 Å². The zero-order valence-corrected chi connectivity index (χ0v) is 29.0. The highest BCUT2D eigenvalue weighted by Gasteiger charge is 2.36. The Hall–Kier alpha value is -3.56. The van der Waals surface area contributed by atoms with Crippen molar-refractivity contribution in [2.45, 2.75) is 62.6 Å². The van der Waals surface area contributed by atoms with Crippen LogP contribution >= 0.6 is 34.8 Å². The second-order valence-electron chi connectivity index (χ2n) is 11.7. The topological polar surface area (TPSA) is 86.8 Å². The van der Waals surface area contributed by atoms with E-state index in [1.165, 1.54) is 29.2 Å². The van der Waals surface area contributed by atoms with Crippen LogP contribution in [0.25, 0.3) is 0 Å². The molecule has 246 valence electrons. The number of aryl methyl sites for hydroxylation is 1. The first-order valence-corrected chi connectivity index (χ1v) is 18.0. The summed E-state index contributed by atoms with van der Waals surface area (Å²) in [4.78, 5) is 30.2. The summed E-state index contributed by atoms with van der Waals surface area (Å²) >= 11 is 19.3. The number of anilines is 1. The number of amides is 2. The van der Waals surface area contributed by atoms with Crippen LogP contribution in [-0.2, 0) is 32.6 Å². The molecule has 5 rings (SSSR count). The minimum Gasteiger partial charge on any atom is -0.352 e. The van der Waals surface area contributed by atoms with Gasteiger partial charge >= 0.3 is 0 Å². The van der Waals surface area contributed by atoms with Gasteiger partial charge in [0.15, 0.2) is 0 Å². The van der Waals surface area contributed by atoms with Gasteiger partial charge in [-0.2, -0.15) is 0 Å². The van der Waals surface area contributed by atoms with Gasteiger partial charge in [-0.25, -0.2) is 8.42 Å². The van der Waals surface area contributed by atoms with E-state index in [0.717, 1.165) is 35.6 Å². The standard InChI is InChI=1S/C36H36Cl3N3O4S/c1-25-10-5-8-17-33(25)42(47(45,46)29-20-18-27(37)19-21-29)24-35(43)41(23-30-31(38)15-9-16-32(30)39)34(22-26-11-3-2-4-12-26)36(44)40-28-13-6-7-14-28/h2-5,8-12,15-21,28,34H,6-7,13-14,22-24H2,1H3,(H,40,44)/t34-/m1/s1. The van der Waals surface area contributed by atoms with E-state index in [9.17, 15) is 18.0 Å². The van der Waals surface area contributed by atoms with Crippen molar-refractivity contribution in [2.24, 2.45) is 0 Å². The molecule has 0 aliphatic heterocycles. The maximum absolute atomic E-state index is 14.7. The Balaban J connectivity index is 1.60. The molecule has 4 aromatic carbocycles. The van der Waals surface area contributed by atoms with Crippen molar-refractivity contribution < 1.29 is 18.0 Å². The fraction of sp³-hybridized carbons (Fsp3) is 0.278. The molecule has 2 amide bonds. The first kappa shape index (κ1) is 34.8. The van der Waals surface area contributed by atoms with Crippen LogP contribution in [-0.4, -0.2) is 43.8 Å². The summed E-state index contributed by atoms with van der Waals surface area (Å²) in [5, 5.41) is 4.20. The molecule has 0 radical (unpaired) electrons. The Bertz CT molecular complexity index is 1790. The molecule has 47 heavy (non-hydrogen) atoms. The van der Waals surface area contributed by atoms with Gasteiger partial charge in [-0.15, -0.1) is 0 Å². The smallest absolute Gasteiger partial charge is 0.264 e. The number of carbonyl (C=O) groups is 2. The Kier molecular flexibility index (Phi) is 11.5. The number of para-hydroxylation sites is 1. The monoisotopic (exact) mass is 711 g/mol.